The largest absolute Gasteiger partial charge is 0.243 e. The Morgan fingerprint density at radius 2 is 1.27 bits per heavy atom. The second kappa shape index (κ2) is 7.54. The zero-order chi connectivity index (χ0) is 12.2. The van der Waals surface area contributed by atoms with Gasteiger partial charge in [-0.2, -0.15) is 0 Å². The number of halogens is 8. The van der Waals surface area contributed by atoms with Gasteiger partial charge in [0.05, 0.1) is 16.6 Å². The van der Waals surface area contributed by atoms with Gasteiger partial charge in [-0.1, -0.05) is 0 Å². The van der Waals surface area contributed by atoms with Crippen molar-refractivity contribution in [2.75, 3.05) is 5.88 Å². The van der Waals surface area contributed by atoms with Crippen molar-refractivity contribution in [3.8, 4) is 0 Å². The van der Waals surface area contributed by atoms with Gasteiger partial charge in [-0.3, -0.25) is 0 Å². The Morgan fingerprint density at radius 1 is 0.800 bits per heavy atom. The highest BCUT2D eigenvalue weighted by Gasteiger charge is 2.39. The first-order valence-corrected chi connectivity index (χ1v) is 6.15. The Balaban J connectivity index is 4.36. The predicted octanol–water partition coefficient (Wildman–Crippen LogP) is 4.26. The first-order valence-electron chi connectivity index (χ1n) is 3.87. The first kappa shape index (κ1) is 16.2. The third-order valence-corrected chi connectivity index (χ3v) is 3.91. The summed E-state index contributed by atoms with van der Waals surface area (Å²) in [6, 6.07) is 0. The van der Waals surface area contributed by atoms with Crippen LogP contribution in [-0.4, -0.2) is 40.0 Å². The predicted molar refractivity (Wildman–Crippen MR) is 60.2 cm³/mol. The summed E-state index contributed by atoms with van der Waals surface area (Å²) in [5.74, 6) is -0.663. The number of alkyl halides is 8. The maximum atomic E-state index is 13.2. The Labute approximate surface area is 111 Å². The lowest BCUT2D eigenvalue weighted by Crippen LogP contribution is -2.41. The van der Waals surface area contributed by atoms with Crippen molar-refractivity contribution in [1.82, 2.24) is 0 Å². The fourth-order valence-corrected chi connectivity index (χ4v) is 1.83. The van der Waals surface area contributed by atoms with Gasteiger partial charge in [0.2, 0.25) is 0 Å². The topological polar surface area (TPSA) is 0 Å². The summed E-state index contributed by atoms with van der Waals surface area (Å²) in [7, 11) is 0. The highest BCUT2D eigenvalue weighted by Crippen LogP contribution is 2.29. The molecule has 0 heterocycles. The van der Waals surface area contributed by atoms with E-state index >= 15 is 0 Å². The summed E-state index contributed by atoms with van der Waals surface area (Å²) in [6.45, 7) is 0. The van der Waals surface area contributed by atoms with Gasteiger partial charge in [0, 0.05) is 0 Å². The lowest BCUT2D eigenvalue weighted by Gasteiger charge is -2.24. The van der Waals surface area contributed by atoms with Gasteiger partial charge < -0.3 is 0 Å². The van der Waals surface area contributed by atoms with E-state index in [0.29, 0.717) is 0 Å². The zero-order valence-corrected chi connectivity index (χ0v) is 11.0. The molecule has 0 aliphatic rings. The fourth-order valence-electron chi connectivity index (χ4n) is 0.775. The SMILES string of the molecule is FC(CCl)C(F)C(F)C(Cl)C(Cl)C(Cl)Cl. The quantitative estimate of drug-likeness (QED) is 0.640. The fraction of sp³-hybridized carbons (Fsp3) is 1.00. The van der Waals surface area contributed by atoms with Crippen molar-refractivity contribution >= 4 is 58.0 Å². The molecule has 0 amide bonds. The highest BCUT2D eigenvalue weighted by molar-refractivity contribution is 6.49. The molecule has 15 heavy (non-hydrogen) atoms. The molecule has 5 unspecified atom stereocenters. The summed E-state index contributed by atoms with van der Waals surface area (Å²) in [4.78, 5) is -1.17. The van der Waals surface area contributed by atoms with Gasteiger partial charge >= 0.3 is 0 Å². The molecule has 0 nitrogen and oxygen atoms in total. The second-order valence-corrected chi connectivity index (χ2v) is 5.26. The van der Waals surface area contributed by atoms with Crippen LogP contribution in [0, 0.1) is 0 Å². The summed E-state index contributed by atoms with van der Waals surface area (Å²) < 4.78 is 38.9. The maximum Gasteiger partial charge on any atom is 0.165 e. The molecule has 8 heteroatoms. The Kier molecular flexibility index (Phi) is 8.17. The first-order chi connectivity index (χ1) is 6.82. The molecule has 0 saturated carbocycles. The maximum absolute atomic E-state index is 13.2. The van der Waals surface area contributed by atoms with Crippen LogP contribution in [0.15, 0.2) is 0 Å². The van der Waals surface area contributed by atoms with Crippen LogP contribution in [-0.2, 0) is 0 Å². The van der Waals surface area contributed by atoms with E-state index in [1.807, 2.05) is 0 Å². The van der Waals surface area contributed by atoms with Gasteiger partial charge in [0.25, 0.3) is 0 Å². The van der Waals surface area contributed by atoms with E-state index in [1.54, 1.807) is 0 Å². The minimum absolute atomic E-state index is 0.663. The molecule has 0 fully saturated rings. The number of hydrogen-bond donors (Lipinski definition) is 0. The van der Waals surface area contributed by atoms with Gasteiger partial charge in [0.15, 0.2) is 12.3 Å². The van der Waals surface area contributed by atoms with Gasteiger partial charge in [0.1, 0.15) is 11.0 Å². The van der Waals surface area contributed by atoms with Crippen molar-refractivity contribution in [3.63, 3.8) is 0 Å². The number of rotatable bonds is 6. The third kappa shape index (κ3) is 4.95. The standard InChI is InChI=1S/C7H8Cl5F3/c8-1-2(13)5(14)6(15)3(9)4(10)7(11)12/h2-7H,1H2. The molecule has 0 rings (SSSR count). The summed E-state index contributed by atoms with van der Waals surface area (Å²) in [6.07, 6.45) is -6.91. The smallest absolute Gasteiger partial charge is 0.165 e. The van der Waals surface area contributed by atoms with E-state index in [0.717, 1.165) is 0 Å². The van der Waals surface area contributed by atoms with Crippen LogP contribution >= 0.6 is 58.0 Å². The van der Waals surface area contributed by atoms with Crippen LogP contribution in [0.2, 0.25) is 0 Å². The van der Waals surface area contributed by atoms with E-state index in [1.165, 1.54) is 0 Å². The van der Waals surface area contributed by atoms with E-state index < -0.39 is 40.0 Å². The minimum Gasteiger partial charge on any atom is -0.243 e. The van der Waals surface area contributed by atoms with Gasteiger partial charge in [-0.25, -0.2) is 13.2 Å². The van der Waals surface area contributed by atoms with Crippen molar-refractivity contribution in [1.29, 1.82) is 0 Å². The molecular weight excluding hydrogens is 318 g/mol. The summed E-state index contributed by atoms with van der Waals surface area (Å²) in [5, 5.41) is -2.74. The molecule has 0 spiro atoms. The molecular formula is C7H8Cl5F3. The Morgan fingerprint density at radius 3 is 1.60 bits per heavy atom. The average molecular weight is 326 g/mol. The molecule has 0 aliphatic heterocycles. The highest BCUT2D eigenvalue weighted by atomic mass is 35.5. The average Bonchev–Trinajstić information content (AvgIpc) is 2.23. The molecule has 0 aromatic carbocycles. The number of hydrogen-bond acceptors (Lipinski definition) is 0. The van der Waals surface area contributed by atoms with E-state index in [2.05, 4.69) is 0 Å². The van der Waals surface area contributed by atoms with Gasteiger partial charge in [-0.05, 0) is 0 Å². The lowest BCUT2D eigenvalue weighted by molar-refractivity contribution is 0.0900. The monoisotopic (exact) mass is 324 g/mol. The zero-order valence-electron chi connectivity index (χ0n) is 7.19. The molecule has 5 atom stereocenters. The molecule has 0 radical (unpaired) electrons. The van der Waals surface area contributed by atoms with Crippen LogP contribution in [0.25, 0.3) is 0 Å². The van der Waals surface area contributed by atoms with Crippen molar-refractivity contribution in [2.24, 2.45) is 0 Å². The molecule has 0 N–H and O–H groups in total. The summed E-state index contributed by atoms with van der Waals surface area (Å²) >= 11 is 26.6. The van der Waals surface area contributed by atoms with Crippen LogP contribution in [0.4, 0.5) is 13.2 Å². The normalized spacial score (nSPS) is 22.2. The molecule has 0 bridgehead atoms. The molecule has 0 saturated heterocycles. The molecule has 0 aromatic heterocycles. The van der Waals surface area contributed by atoms with Gasteiger partial charge in [-0.15, -0.1) is 58.0 Å². The molecule has 92 valence electrons. The molecule has 0 aromatic rings. The van der Waals surface area contributed by atoms with Crippen molar-refractivity contribution in [3.05, 3.63) is 0 Å². The minimum atomic E-state index is -2.45. The third-order valence-electron chi connectivity index (χ3n) is 1.65. The van der Waals surface area contributed by atoms with E-state index in [-0.39, 0.29) is 0 Å². The van der Waals surface area contributed by atoms with Crippen molar-refractivity contribution < 1.29 is 13.2 Å². The van der Waals surface area contributed by atoms with Crippen LogP contribution in [0.1, 0.15) is 0 Å². The summed E-state index contributed by atoms with van der Waals surface area (Å²) in [5.41, 5.74) is 0. The van der Waals surface area contributed by atoms with Crippen LogP contribution in [0.3, 0.4) is 0 Å². The van der Waals surface area contributed by atoms with E-state index in [4.69, 9.17) is 58.0 Å². The van der Waals surface area contributed by atoms with E-state index in [9.17, 15) is 13.2 Å². The second-order valence-electron chi connectivity index (χ2n) is 2.78. The van der Waals surface area contributed by atoms with Crippen LogP contribution < -0.4 is 0 Å². The lowest BCUT2D eigenvalue weighted by atomic mass is 10.1. The van der Waals surface area contributed by atoms with Crippen molar-refractivity contribution in [2.45, 2.75) is 34.1 Å². The molecule has 0 aliphatic carbocycles. The van der Waals surface area contributed by atoms with Crippen LogP contribution in [0.5, 0.6) is 0 Å². The Hall–Kier alpha value is 1.24. The Bertz CT molecular complexity index is 182.